The Balaban J connectivity index is 1.56. The van der Waals surface area contributed by atoms with E-state index in [2.05, 4.69) is 51.3 Å². The topological polar surface area (TPSA) is 51.4 Å². The van der Waals surface area contributed by atoms with Crippen LogP contribution >= 0.6 is 0 Å². The number of nitrogens with zero attached hydrogens (tertiary/aromatic N) is 4. The lowest BCUT2D eigenvalue weighted by molar-refractivity contribution is 0.271. The minimum absolute atomic E-state index is 0.731. The Morgan fingerprint density at radius 3 is 2.52 bits per heavy atom. The molecule has 0 saturated heterocycles. The fraction of sp³-hybridized carbons (Fsp3) is 0.333. The van der Waals surface area contributed by atoms with Crippen LogP contribution in [0.4, 0.5) is 11.4 Å². The third-order valence-electron chi connectivity index (χ3n) is 6.00. The summed E-state index contributed by atoms with van der Waals surface area (Å²) in [5.74, 6) is 2.42. The van der Waals surface area contributed by atoms with Crippen LogP contribution in [-0.2, 0) is 16.5 Å². The molecule has 1 saturated carbocycles. The summed E-state index contributed by atoms with van der Waals surface area (Å²) in [5, 5.41) is 0. The lowest BCUT2D eigenvalue weighted by Crippen LogP contribution is -2.24. The fourth-order valence-electron chi connectivity index (χ4n) is 3.86. The Labute approximate surface area is 196 Å². The van der Waals surface area contributed by atoms with E-state index in [1.165, 1.54) is 12.8 Å². The van der Waals surface area contributed by atoms with Crippen molar-refractivity contribution in [3.63, 3.8) is 0 Å². The molecule has 0 aliphatic heterocycles. The van der Waals surface area contributed by atoms with E-state index in [4.69, 9.17) is 9.47 Å². The Kier molecular flexibility index (Phi) is 7.13. The van der Waals surface area contributed by atoms with Crippen molar-refractivity contribution in [1.82, 2.24) is 4.57 Å². The lowest BCUT2D eigenvalue weighted by Gasteiger charge is -2.26. The molecule has 2 aliphatic rings. The molecule has 33 heavy (non-hydrogen) atoms. The smallest absolute Gasteiger partial charge is 0.124 e. The number of aromatic nitrogens is 1. The second kappa shape index (κ2) is 10.4. The minimum atomic E-state index is 0.731. The van der Waals surface area contributed by atoms with Crippen LogP contribution in [0, 0.1) is 5.92 Å². The molecule has 1 heterocycles. The van der Waals surface area contributed by atoms with Crippen molar-refractivity contribution in [2.24, 2.45) is 23.0 Å². The van der Waals surface area contributed by atoms with Crippen LogP contribution in [-0.4, -0.2) is 44.3 Å². The van der Waals surface area contributed by atoms with E-state index in [1.54, 1.807) is 21.3 Å². The molecule has 0 amide bonds. The van der Waals surface area contributed by atoms with Crippen molar-refractivity contribution in [3.8, 4) is 0 Å². The quantitative estimate of drug-likeness (QED) is 0.486. The van der Waals surface area contributed by atoms with E-state index in [0.717, 1.165) is 58.9 Å². The average Bonchev–Trinajstić information content (AvgIpc) is 3.61. The Morgan fingerprint density at radius 1 is 1.12 bits per heavy atom. The maximum atomic E-state index is 5.57. The van der Waals surface area contributed by atoms with E-state index in [0.29, 0.717) is 0 Å². The summed E-state index contributed by atoms with van der Waals surface area (Å²) in [6.45, 7) is 0.990. The van der Waals surface area contributed by atoms with Gasteiger partial charge in [-0.3, -0.25) is 9.98 Å². The first-order chi connectivity index (χ1) is 16.1. The molecule has 172 valence electrons. The van der Waals surface area contributed by atoms with E-state index >= 15 is 0 Å². The summed E-state index contributed by atoms with van der Waals surface area (Å²) in [5.41, 5.74) is 5.06. The standard InChI is InChI=1S/C27H32N4O2/c1-28-26(27-6-5-15-30(27)2)18-29-21-9-11-22(12-10-21)31(19-20-7-8-20)23-13-14-24(32-3)17-25(16-23)33-4/h5-6,9-13,15-18,20H,7-8,14,19H2,1-4H3. The SMILES string of the molecule is CN=C(C=Nc1ccc(N(CC2CC2)C2=CCC(OC)=CC(OC)=C2)cc1)c1cccn1C. The van der Waals surface area contributed by atoms with E-state index < -0.39 is 0 Å². The molecule has 0 atom stereocenters. The predicted molar refractivity (Wildman–Crippen MR) is 135 cm³/mol. The van der Waals surface area contributed by atoms with Crippen molar-refractivity contribution in [1.29, 1.82) is 0 Å². The molecule has 2 aromatic rings. The highest BCUT2D eigenvalue weighted by atomic mass is 16.5. The molecule has 0 N–H and O–H groups in total. The molecular weight excluding hydrogens is 412 g/mol. The second-order valence-electron chi connectivity index (χ2n) is 8.34. The molecule has 0 radical (unpaired) electrons. The van der Waals surface area contributed by atoms with Gasteiger partial charge in [-0.15, -0.1) is 0 Å². The summed E-state index contributed by atoms with van der Waals surface area (Å²) in [6, 6.07) is 12.4. The molecular formula is C27H32N4O2. The lowest BCUT2D eigenvalue weighted by atomic mass is 10.2. The molecule has 1 fully saturated rings. The highest BCUT2D eigenvalue weighted by Gasteiger charge is 2.26. The molecule has 6 nitrogen and oxygen atoms in total. The van der Waals surface area contributed by atoms with Gasteiger partial charge in [0.1, 0.15) is 11.5 Å². The zero-order valence-corrected chi connectivity index (χ0v) is 19.9. The van der Waals surface area contributed by atoms with Crippen LogP contribution in [0.15, 0.2) is 88.0 Å². The highest BCUT2D eigenvalue weighted by molar-refractivity contribution is 6.38. The molecule has 1 aromatic heterocycles. The number of hydrogen-bond donors (Lipinski definition) is 0. The zero-order chi connectivity index (χ0) is 23.2. The molecule has 2 aliphatic carbocycles. The van der Waals surface area contributed by atoms with Crippen molar-refractivity contribution in [2.75, 3.05) is 32.7 Å². The zero-order valence-electron chi connectivity index (χ0n) is 19.9. The van der Waals surface area contributed by atoms with Gasteiger partial charge in [0.25, 0.3) is 0 Å². The Bertz CT molecular complexity index is 1120. The fourth-order valence-corrected chi connectivity index (χ4v) is 3.86. The Morgan fingerprint density at radius 2 is 1.91 bits per heavy atom. The average molecular weight is 445 g/mol. The number of anilines is 1. The normalized spacial score (nSPS) is 16.7. The number of rotatable bonds is 9. The van der Waals surface area contributed by atoms with E-state index in [1.807, 2.05) is 42.2 Å². The van der Waals surface area contributed by atoms with Gasteiger partial charge in [-0.05, 0) is 55.2 Å². The van der Waals surface area contributed by atoms with Gasteiger partial charge in [0.15, 0.2) is 0 Å². The first-order valence-corrected chi connectivity index (χ1v) is 11.3. The number of allylic oxidation sites excluding steroid dienone is 3. The third-order valence-corrected chi connectivity index (χ3v) is 6.00. The van der Waals surface area contributed by atoms with Crippen molar-refractivity contribution in [3.05, 3.63) is 83.7 Å². The van der Waals surface area contributed by atoms with Gasteiger partial charge < -0.3 is 18.9 Å². The maximum absolute atomic E-state index is 5.57. The van der Waals surface area contributed by atoms with E-state index in [-0.39, 0.29) is 0 Å². The highest BCUT2D eigenvalue weighted by Crippen LogP contribution is 2.35. The second-order valence-corrected chi connectivity index (χ2v) is 8.34. The van der Waals surface area contributed by atoms with Gasteiger partial charge in [0, 0.05) is 56.8 Å². The van der Waals surface area contributed by atoms with Crippen LogP contribution in [0.1, 0.15) is 25.0 Å². The van der Waals surface area contributed by atoms with Crippen LogP contribution in [0.3, 0.4) is 0 Å². The molecule has 0 spiro atoms. The number of benzene rings is 1. The Hall–Kier alpha value is -3.54. The molecule has 0 bridgehead atoms. The van der Waals surface area contributed by atoms with Gasteiger partial charge in [-0.25, -0.2) is 0 Å². The van der Waals surface area contributed by atoms with Gasteiger partial charge in [-0.2, -0.15) is 0 Å². The summed E-state index contributed by atoms with van der Waals surface area (Å²) in [4.78, 5) is 11.4. The molecule has 0 unspecified atom stereocenters. The summed E-state index contributed by atoms with van der Waals surface area (Å²) < 4.78 is 13.1. The van der Waals surface area contributed by atoms with Crippen LogP contribution in [0.5, 0.6) is 0 Å². The van der Waals surface area contributed by atoms with Crippen molar-refractivity contribution < 1.29 is 9.47 Å². The number of aliphatic imine (C=N–C) groups is 2. The monoisotopic (exact) mass is 444 g/mol. The largest absolute Gasteiger partial charge is 0.501 e. The number of methoxy groups -OCH3 is 2. The van der Waals surface area contributed by atoms with Crippen LogP contribution in [0.25, 0.3) is 0 Å². The summed E-state index contributed by atoms with van der Waals surface area (Å²) in [6.07, 6.45) is 13.4. The van der Waals surface area contributed by atoms with Gasteiger partial charge in [0.2, 0.25) is 0 Å². The summed E-state index contributed by atoms with van der Waals surface area (Å²) in [7, 11) is 7.19. The van der Waals surface area contributed by atoms with Crippen LogP contribution in [0.2, 0.25) is 0 Å². The number of aryl methyl sites for hydroxylation is 1. The molecule has 4 rings (SSSR count). The first-order valence-electron chi connectivity index (χ1n) is 11.3. The number of hydrogen-bond acceptors (Lipinski definition) is 5. The number of ether oxygens (including phenoxy) is 2. The first kappa shape index (κ1) is 22.6. The predicted octanol–water partition coefficient (Wildman–Crippen LogP) is 5.41. The third kappa shape index (κ3) is 5.64. The van der Waals surface area contributed by atoms with Gasteiger partial charge in [0.05, 0.1) is 37.5 Å². The van der Waals surface area contributed by atoms with Crippen LogP contribution < -0.4 is 4.90 Å². The van der Waals surface area contributed by atoms with Crippen molar-refractivity contribution >= 4 is 23.3 Å². The molecule has 6 heteroatoms. The molecule has 1 aromatic carbocycles. The van der Waals surface area contributed by atoms with E-state index in [9.17, 15) is 0 Å². The maximum Gasteiger partial charge on any atom is 0.124 e. The summed E-state index contributed by atoms with van der Waals surface area (Å²) >= 11 is 0. The van der Waals surface area contributed by atoms with Crippen molar-refractivity contribution in [2.45, 2.75) is 19.3 Å². The minimum Gasteiger partial charge on any atom is -0.501 e. The van der Waals surface area contributed by atoms with Gasteiger partial charge in [-0.1, -0.05) is 6.08 Å². The van der Waals surface area contributed by atoms with Gasteiger partial charge >= 0.3 is 0 Å².